The number of nitrogens with one attached hydrogen (secondary N) is 1. The van der Waals surface area contributed by atoms with Gasteiger partial charge in [0.25, 0.3) is 0 Å². The van der Waals surface area contributed by atoms with Gasteiger partial charge in [0.2, 0.25) is 0 Å². The Morgan fingerprint density at radius 3 is 2.43 bits per heavy atom. The Kier molecular flexibility index (Phi) is 8.54. The second kappa shape index (κ2) is 8.95. The van der Waals surface area contributed by atoms with Crippen LogP contribution in [0.2, 0.25) is 0 Å². The van der Waals surface area contributed by atoms with E-state index in [-0.39, 0.29) is 0 Å². The largest absolute Gasteiger partial charge is 0.387 e. The van der Waals surface area contributed by atoms with E-state index in [4.69, 9.17) is 0 Å². The van der Waals surface area contributed by atoms with Gasteiger partial charge >= 0.3 is 0 Å². The predicted octanol–water partition coefficient (Wildman–Crippen LogP) is 4.26. The third-order valence-corrected chi connectivity index (χ3v) is 2.90. The Morgan fingerprint density at radius 1 is 1.21 bits per heavy atom. The Morgan fingerprint density at radius 2 is 1.86 bits per heavy atom. The van der Waals surface area contributed by atoms with Crippen molar-refractivity contribution in [2.24, 2.45) is 0 Å². The molecule has 0 fully saturated rings. The van der Waals surface area contributed by atoms with Crippen molar-refractivity contribution in [2.45, 2.75) is 32.1 Å². The summed E-state index contributed by atoms with van der Waals surface area (Å²) in [6, 6.07) is 8.41. The molecule has 0 aromatic heterocycles. The fourth-order valence-corrected chi connectivity index (χ4v) is 1.94. The highest BCUT2D eigenvalue weighted by Gasteiger charge is 1.97. The minimum atomic E-state index is 1.19. The molecule has 0 atom stereocenters. The second-order valence-corrected chi connectivity index (χ2v) is 3.73. The first-order valence-corrected chi connectivity index (χ1v) is 6.26. The van der Waals surface area contributed by atoms with Gasteiger partial charge in [-0.2, -0.15) is 0 Å². The van der Waals surface area contributed by atoms with Gasteiger partial charge in [0.15, 0.2) is 0 Å². The molecule has 1 rings (SSSR count). The van der Waals surface area contributed by atoms with Gasteiger partial charge in [-0.25, -0.2) is 0 Å². The van der Waals surface area contributed by atoms with E-state index in [1.54, 1.807) is 0 Å². The summed E-state index contributed by atoms with van der Waals surface area (Å²) < 4.78 is 0. The molecule has 0 spiro atoms. The number of hydrogen-bond donors (Lipinski definition) is 1. The number of para-hydroxylation sites is 1. The summed E-state index contributed by atoms with van der Waals surface area (Å²) in [7, 11) is 1.96. The molecule has 0 aliphatic rings. The van der Waals surface area contributed by atoms with Crippen LogP contribution in [0.3, 0.4) is 0 Å². The van der Waals surface area contributed by atoms with Crippen LogP contribution >= 0.6 is 11.8 Å². The first-order chi connectivity index (χ1) is 6.88. The van der Waals surface area contributed by atoms with Crippen molar-refractivity contribution in [1.29, 1.82) is 0 Å². The molecule has 0 amide bonds. The van der Waals surface area contributed by atoms with E-state index in [9.17, 15) is 0 Å². The van der Waals surface area contributed by atoms with Crippen LogP contribution in [0.15, 0.2) is 29.2 Å². The maximum atomic E-state index is 3.18. The Balaban J connectivity index is 0.000000791. The molecule has 0 aliphatic carbocycles. The molecule has 1 nitrogen and oxygen atoms in total. The molecule has 0 unspecified atom stereocenters. The van der Waals surface area contributed by atoms with Crippen LogP contribution in [0.5, 0.6) is 0 Å². The summed E-state index contributed by atoms with van der Waals surface area (Å²) in [5.41, 5.74) is 1.23. The average molecular weight is 211 g/mol. The molecule has 0 saturated heterocycles. The minimum absolute atomic E-state index is 1.19. The summed E-state index contributed by atoms with van der Waals surface area (Å²) >= 11 is 1.91. The molecule has 0 bridgehead atoms. The molecule has 0 heterocycles. The van der Waals surface area contributed by atoms with Crippen LogP contribution in [0.1, 0.15) is 27.2 Å². The molecule has 0 saturated carbocycles. The van der Waals surface area contributed by atoms with E-state index in [0.29, 0.717) is 0 Å². The van der Waals surface area contributed by atoms with E-state index in [1.165, 1.54) is 22.8 Å². The number of thioether (sulfide) groups is 1. The maximum absolute atomic E-state index is 3.18. The van der Waals surface area contributed by atoms with Gasteiger partial charge in [-0.3, -0.25) is 0 Å². The van der Waals surface area contributed by atoms with Crippen molar-refractivity contribution >= 4 is 17.4 Å². The zero-order chi connectivity index (χ0) is 10.8. The molecule has 1 aromatic carbocycles. The highest BCUT2D eigenvalue weighted by atomic mass is 32.2. The standard InChI is InChI=1S/C10H15NS.C2H6/c1-3-8-12-10-7-5-4-6-9(10)11-2;1-2/h4-7,11H,3,8H2,1-2H3;1-2H3. The van der Waals surface area contributed by atoms with E-state index in [0.717, 1.165) is 0 Å². The van der Waals surface area contributed by atoms with Crippen molar-refractivity contribution in [3.63, 3.8) is 0 Å². The van der Waals surface area contributed by atoms with Crippen molar-refractivity contribution in [3.8, 4) is 0 Å². The van der Waals surface area contributed by atoms with Crippen molar-refractivity contribution in [2.75, 3.05) is 18.1 Å². The van der Waals surface area contributed by atoms with E-state index < -0.39 is 0 Å². The van der Waals surface area contributed by atoms with Gasteiger partial charge in [0, 0.05) is 17.6 Å². The lowest BCUT2D eigenvalue weighted by Gasteiger charge is -2.06. The molecule has 80 valence electrons. The lowest BCUT2D eigenvalue weighted by Crippen LogP contribution is -1.90. The minimum Gasteiger partial charge on any atom is -0.387 e. The average Bonchev–Trinajstić information content (AvgIpc) is 2.29. The summed E-state index contributed by atoms with van der Waals surface area (Å²) in [6.45, 7) is 6.20. The SMILES string of the molecule is CC.CCCSc1ccccc1NC. The number of benzene rings is 1. The van der Waals surface area contributed by atoms with Crippen LogP contribution in [0.25, 0.3) is 0 Å². The van der Waals surface area contributed by atoms with E-state index in [1.807, 2.05) is 32.7 Å². The Bertz CT molecular complexity index is 236. The Labute approximate surface area is 92.3 Å². The monoisotopic (exact) mass is 211 g/mol. The molecule has 2 heteroatoms. The number of hydrogen-bond acceptors (Lipinski definition) is 2. The molecular weight excluding hydrogens is 190 g/mol. The van der Waals surface area contributed by atoms with Crippen molar-refractivity contribution in [1.82, 2.24) is 0 Å². The van der Waals surface area contributed by atoms with Crippen LogP contribution in [0, 0.1) is 0 Å². The fourth-order valence-electron chi connectivity index (χ4n) is 1.01. The fraction of sp³-hybridized carbons (Fsp3) is 0.500. The smallest absolute Gasteiger partial charge is 0.0475 e. The van der Waals surface area contributed by atoms with Crippen LogP contribution in [-0.2, 0) is 0 Å². The summed E-state index contributed by atoms with van der Waals surface area (Å²) in [4.78, 5) is 1.35. The van der Waals surface area contributed by atoms with Crippen LogP contribution < -0.4 is 5.32 Å². The van der Waals surface area contributed by atoms with Gasteiger partial charge in [0.1, 0.15) is 0 Å². The van der Waals surface area contributed by atoms with Gasteiger partial charge < -0.3 is 5.32 Å². The third-order valence-electron chi connectivity index (χ3n) is 1.62. The normalized spacial score (nSPS) is 8.86. The molecular formula is C12H21NS. The molecule has 1 aromatic rings. The van der Waals surface area contributed by atoms with Crippen molar-refractivity contribution in [3.05, 3.63) is 24.3 Å². The lowest BCUT2D eigenvalue weighted by molar-refractivity contribution is 1.10. The maximum Gasteiger partial charge on any atom is 0.0475 e. The highest BCUT2D eigenvalue weighted by Crippen LogP contribution is 2.26. The first kappa shape index (κ1) is 13.4. The first-order valence-electron chi connectivity index (χ1n) is 5.28. The van der Waals surface area contributed by atoms with Gasteiger partial charge in [-0.05, 0) is 24.3 Å². The number of rotatable bonds is 4. The molecule has 14 heavy (non-hydrogen) atoms. The topological polar surface area (TPSA) is 12.0 Å². The van der Waals surface area contributed by atoms with Gasteiger partial charge in [0.05, 0.1) is 0 Å². The molecule has 1 N–H and O–H groups in total. The van der Waals surface area contributed by atoms with Crippen LogP contribution in [0.4, 0.5) is 5.69 Å². The predicted molar refractivity (Wildman–Crippen MR) is 68.4 cm³/mol. The highest BCUT2D eigenvalue weighted by molar-refractivity contribution is 7.99. The second-order valence-electron chi connectivity index (χ2n) is 2.59. The summed E-state index contributed by atoms with van der Waals surface area (Å²) in [5, 5.41) is 3.18. The zero-order valence-electron chi connectivity index (χ0n) is 9.63. The quantitative estimate of drug-likeness (QED) is 0.747. The van der Waals surface area contributed by atoms with Gasteiger partial charge in [-0.1, -0.05) is 32.9 Å². The molecule has 0 aliphatic heterocycles. The van der Waals surface area contributed by atoms with Crippen LogP contribution in [-0.4, -0.2) is 12.8 Å². The van der Waals surface area contributed by atoms with E-state index >= 15 is 0 Å². The summed E-state index contributed by atoms with van der Waals surface area (Å²) in [5.74, 6) is 1.19. The van der Waals surface area contributed by atoms with Crippen molar-refractivity contribution < 1.29 is 0 Å². The molecule has 0 radical (unpaired) electrons. The summed E-state index contributed by atoms with van der Waals surface area (Å²) in [6.07, 6.45) is 1.22. The zero-order valence-corrected chi connectivity index (χ0v) is 10.4. The van der Waals surface area contributed by atoms with Gasteiger partial charge in [-0.15, -0.1) is 11.8 Å². The lowest BCUT2D eigenvalue weighted by atomic mass is 10.3. The van der Waals surface area contributed by atoms with E-state index in [2.05, 4.69) is 36.5 Å². The Hall–Kier alpha value is -0.630. The number of anilines is 1. The third kappa shape index (κ3) is 4.56.